The molecule has 4 heterocycles. The molecule has 0 aliphatic carbocycles. The zero-order chi connectivity index (χ0) is 26.9. The first-order valence-corrected chi connectivity index (χ1v) is 11.4. The van der Waals surface area contributed by atoms with E-state index in [4.69, 9.17) is 11.6 Å². The lowest BCUT2D eigenvalue weighted by Crippen LogP contribution is -2.38. The molecule has 5 aromatic rings. The molecule has 0 bridgehead atoms. The fraction of sp³-hybridized carbons (Fsp3) is 0.261. The summed E-state index contributed by atoms with van der Waals surface area (Å²) in [4.78, 5) is 73.4. The number of hydrogen-bond acceptors (Lipinski definition) is 7. The summed E-state index contributed by atoms with van der Waals surface area (Å²) in [5.41, 5.74) is -1.43. The van der Waals surface area contributed by atoms with Gasteiger partial charge in [0, 0.05) is 33.8 Å². The van der Waals surface area contributed by atoms with Crippen LogP contribution in [0.4, 0.5) is 0 Å². The fourth-order valence-electron chi connectivity index (χ4n) is 4.28. The van der Waals surface area contributed by atoms with Crippen LogP contribution in [0.2, 0.25) is 5.28 Å². The van der Waals surface area contributed by atoms with Crippen LogP contribution in [-0.2, 0) is 34.7 Å². The summed E-state index contributed by atoms with van der Waals surface area (Å²) in [7, 11) is 5.48. The molecule has 5 rings (SSSR count). The van der Waals surface area contributed by atoms with Crippen LogP contribution in [0.5, 0.6) is 0 Å². The van der Waals surface area contributed by atoms with E-state index >= 15 is 0 Å². The molecule has 13 nitrogen and oxygen atoms in total. The second-order valence-electron chi connectivity index (χ2n) is 8.76. The van der Waals surface area contributed by atoms with Gasteiger partial charge in [-0.2, -0.15) is 9.97 Å². The average Bonchev–Trinajstić information content (AvgIpc) is 3.41. The lowest BCUT2D eigenvalue weighted by Gasteiger charge is -2.11. The third kappa shape index (κ3) is 3.42. The van der Waals surface area contributed by atoms with Crippen molar-refractivity contribution in [2.75, 3.05) is 0 Å². The van der Waals surface area contributed by atoms with E-state index in [-0.39, 0.29) is 45.9 Å². The van der Waals surface area contributed by atoms with Gasteiger partial charge in [0.1, 0.15) is 0 Å². The van der Waals surface area contributed by atoms with E-state index in [2.05, 4.69) is 9.97 Å². The number of benzene rings is 1. The number of Topliss-reactive ketones (excluding diaryl/α,β-unsaturated/α-hetero) is 1. The molecule has 0 N–H and O–H groups in total. The molecule has 0 amide bonds. The SMILES string of the molecule is Cc1ccc(C(=O)Cn2c(-n3c(Cl)nc4c3c(=O)n(C)c(=O)n4C)nc3c2c(=O)n(C)c(=O)n3C)cc1. The van der Waals surface area contributed by atoms with Crippen molar-refractivity contribution in [1.82, 2.24) is 37.4 Å². The molecule has 1 aromatic carbocycles. The molecule has 0 unspecified atom stereocenters. The van der Waals surface area contributed by atoms with Crippen molar-refractivity contribution in [2.24, 2.45) is 28.2 Å². The molecule has 0 saturated heterocycles. The van der Waals surface area contributed by atoms with Crippen LogP contribution in [0, 0.1) is 6.92 Å². The van der Waals surface area contributed by atoms with Gasteiger partial charge in [0.2, 0.25) is 11.2 Å². The quantitative estimate of drug-likeness (QED) is 0.238. The number of hydrogen-bond donors (Lipinski definition) is 0. The van der Waals surface area contributed by atoms with Crippen LogP contribution in [-0.4, -0.2) is 43.2 Å². The fourth-order valence-corrected chi connectivity index (χ4v) is 4.52. The minimum absolute atomic E-state index is 0.0108. The maximum absolute atomic E-state index is 13.3. The first-order valence-electron chi connectivity index (χ1n) is 11.0. The number of carbonyl (C=O) groups excluding carboxylic acids is 1. The van der Waals surface area contributed by atoms with E-state index in [0.29, 0.717) is 5.56 Å². The van der Waals surface area contributed by atoms with Crippen LogP contribution < -0.4 is 22.5 Å². The molecule has 0 aliphatic rings. The molecule has 0 saturated carbocycles. The summed E-state index contributed by atoms with van der Waals surface area (Å²) in [6.07, 6.45) is 0. The number of aromatic nitrogens is 8. The van der Waals surface area contributed by atoms with E-state index < -0.39 is 22.5 Å². The van der Waals surface area contributed by atoms with Crippen LogP contribution in [0.3, 0.4) is 0 Å². The molecule has 0 fully saturated rings. The van der Waals surface area contributed by atoms with Gasteiger partial charge < -0.3 is 0 Å². The van der Waals surface area contributed by atoms with Gasteiger partial charge in [-0.15, -0.1) is 0 Å². The predicted octanol–water partition coefficient (Wildman–Crippen LogP) is 0.0147. The summed E-state index contributed by atoms with van der Waals surface area (Å²) in [6.45, 7) is 1.53. The molecule has 14 heteroatoms. The van der Waals surface area contributed by atoms with Crippen molar-refractivity contribution in [3.63, 3.8) is 0 Å². The van der Waals surface area contributed by atoms with Crippen molar-refractivity contribution >= 4 is 39.7 Å². The van der Waals surface area contributed by atoms with Crippen molar-refractivity contribution in [1.29, 1.82) is 0 Å². The summed E-state index contributed by atoms with van der Waals surface area (Å²) < 4.78 is 6.57. The molecule has 0 atom stereocenters. The third-order valence-corrected chi connectivity index (χ3v) is 6.67. The highest BCUT2D eigenvalue weighted by molar-refractivity contribution is 6.29. The van der Waals surface area contributed by atoms with Gasteiger partial charge in [-0.3, -0.25) is 37.2 Å². The summed E-state index contributed by atoms with van der Waals surface area (Å²) >= 11 is 6.46. The van der Waals surface area contributed by atoms with Crippen molar-refractivity contribution in [3.05, 3.63) is 82.4 Å². The van der Waals surface area contributed by atoms with Gasteiger partial charge in [-0.1, -0.05) is 29.8 Å². The molecule has 4 aromatic heterocycles. The van der Waals surface area contributed by atoms with Gasteiger partial charge in [-0.25, -0.2) is 14.2 Å². The van der Waals surface area contributed by atoms with E-state index in [1.165, 1.54) is 37.3 Å². The molecule has 0 radical (unpaired) electrons. The number of carbonyl (C=O) groups is 1. The Hall–Kier alpha value is -4.52. The van der Waals surface area contributed by atoms with Crippen molar-refractivity contribution in [3.8, 4) is 5.95 Å². The van der Waals surface area contributed by atoms with Crippen LogP contribution in [0.15, 0.2) is 43.4 Å². The van der Waals surface area contributed by atoms with Gasteiger partial charge in [-0.05, 0) is 18.5 Å². The van der Waals surface area contributed by atoms with E-state index in [0.717, 1.165) is 23.8 Å². The third-order valence-electron chi connectivity index (χ3n) is 6.42. The van der Waals surface area contributed by atoms with Gasteiger partial charge in [0.05, 0.1) is 6.54 Å². The first kappa shape index (κ1) is 24.2. The zero-order valence-electron chi connectivity index (χ0n) is 20.5. The monoisotopic (exact) mass is 524 g/mol. The maximum atomic E-state index is 13.3. The Morgan fingerprint density at radius 1 is 0.784 bits per heavy atom. The largest absolute Gasteiger partial charge is 0.332 e. The molecule has 37 heavy (non-hydrogen) atoms. The average molecular weight is 525 g/mol. The van der Waals surface area contributed by atoms with Crippen molar-refractivity contribution in [2.45, 2.75) is 13.5 Å². The Morgan fingerprint density at radius 3 is 1.86 bits per heavy atom. The van der Waals surface area contributed by atoms with Gasteiger partial charge >= 0.3 is 11.4 Å². The number of rotatable bonds is 4. The second-order valence-corrected chi connectivity index (χ2v) is 9.10. The Bertz CT molecular complexity index is 2020. The number of fused-ring (bicyclic) bond motifs is 2. The highest BCUT2D eigenvalue weighted by Crippen LogP contribution is 2.24. The highest BCUT2D eigenvalue weighted by atomic mass is 35.5. The minimum Gasteiger partial charge on any atom is -0.296 e. The number of nitrogens with zero attached hydrogens (tertiary/aromatic N) is 8. The first-order chi connectivity index (χ1) is 17.4. The second kappa shape index (κ2) is 8.27. The number of halogens is 1. The normalized spacial score (nSPS) is 11.6. The lowest BCUT2D eigenvalue weighted by molar-refractivity contribution is 0.0973. The van der Waals surface area contributed by atoms with Gasteiger partial charge in [0.25, 0.3) is 11.1 Å². The van der Waals surface area contributed by atoms with Crippen LogP contribution >= 0.6 is 11.6 Å². The van der Waals surface area contributed by atoms with Crippen molar-refractivity contribution < 1.29 is 4.79 Å². The Morgan fingerprint density at radius 2 is 1.30 bits per heavy atom. The molecule has 190 valence electrons. The zero-order valence-corrected chi connectivity index (χ0v) is 21.3. The maximum Gasteiger partial charge on any atom is 0.332 e. The Labute approximate surface area is 212 Å². The van der Waals surface area contributed by atoms with E-state index in [1.807, 2.05) is 6.92 Å². The number of imidazole rings is 2. The Kier molecular flexibility index (Phi) is 5.40. The molecule has 0 aliphatic heterocycles. The predicted molar refractivity (Wildman–Crippen MR) is 136 cm³/mol. The van der Waals surface area contributed by atoms with Crippen LogP contribution in [0.25, 0.3) is 28.3 Å². The van der Waals surface area contributed by atoms with Crippen LogP contribution in [0.1, 0.15) is 15.9 Å². The summed E-state index contributed by atoms with van der Waals surface area (Å²) in [5, 5.41) is -0.227. The number of aryl methyl sites for hydroxylation is 3. The van der Waals surface area contributed by atoms with E-state index in [9.17, 15) is 24.0 Å². The minimum atomic E-state index is -0.706. The smallest absolute Gasteiger partial charge is 0.296 e. The highest BCUT2D eigenvalue weighted by Gasteiger charge is 2.27. The van der Waals surface area contributed by atoms with E-state index in [1.54, 1.807) is 24.3 Å². The topological polar surface area (TPSA) is 141 Å². The standard InChI is InChI=1S/C23H21ClN8O5/c1-11-6-8-12(9-7-11)13(33)10-31-14-16(27(2)22(36)29(4)18(14)34)26-21(31)32-15-17(25-20(32)24)28(3)23(37)30(5)19(15)35/h6-9H,10H2,1-5H3. The van der Waals surface area contributed by atoms with Gasteiger partial charge in [0.15, 0.2) is 28.1 Å². The molecular formula is C23H21ClN8O5. The molecule has 0 spiro atoms. The summed E-state index contributed by atoms with van der Waals surface area (Å²) in [6, 6.07) is 6.89. The Balaban J connectivity index is 1.91. The molecular weight excluding hydrogens is 504 g/mol. The summed E-state index contributed by atoms with van der Waals surface area (Å²) in [5.74, 6) is -0.436. The number of ketones is 1. The lowest BCUT2D eigenvalue weighted by atomic mass is 10.1.